The zero-order valence-electron chi connectivity index (χ0n) is 67.5. The molecule has 18 aromatic rings. The van der Waals surface area contributed by atoms with Crippen LogP contribution in [0.4, 0.5) is 24.5 Å². The van der Waals surface area contributed by atoms with E-state index in [-0.39, 0.29) is 18.2 Å². The lowest BCUT2D eigenvalue weighted by atomic mass is 10.0. The molecular weight excluding hydrogens is 1570 g/mol. The minimum Gasteiger partial charge on any atom is -0.378 e. The molecule has 34 heteroatoms. The number of benzene rings is 3. The highest BCUT2D eigenvalue weighted by Crippen LogP contribution is 2.40. The number of ether oxygens (including phenoxy) is 1. The average molecular weight is 1650 g/mol. The first-order chi connectivity index (χ1) is 59.2. The summed E-state index contributed by atoms with van der Waals surface area (Å²) in [4.78, 5) is 75.6. The molecule has 0 unspecified atom stereocenters. The third-order valence-corrected chi connectivity index (χ3v) is 21.7. The second-order valence-electron chi connectivity index (χ2n) is 31.2. The van der Waals surface area contributed by atoms with Crippen molar-refractivity contribution in [2.24, 2.45) is 0 Å². The molecule has 7 N–H and O–H groups in total. The van der Waals surface area contributed by atoms with Gasteiger partial charge in [-0.1, -0.05) is 0 Å². The van der Waals surface area contributed by atoms with Gasteiger partial charge in [-0.3, -0.25) is 45.2 Å². The number of H-pyrrole nitrogens is 6. The van der Waals surface area contributed by atoms with Crippen molar-refractivity contribution in [2.45, 2.75) is 39.0 Å². The van der Waals surface area contributed by atoms with Crippen molar-refractivity contribution < 1.29 is 26.3 Å². The lowest BCUT2D eigenvalue weighted by Gasteiger charge is -2.29. The highest BCUT2D eigenvalue weighted by molar-refractivity contribution is 7.88. The Morgan fingerprint density at radius 2 is 0.721 bits per heavy atom. The molecular formula is C88H82F3N27O3S. The average Bonchev–Trinajstić information content (AvgIpc) is 1.62. The number of hydrogen-bond donors (Lipinski definition) is 7. The van der Waals surface area contributed by atoms with Crippen molar-refractivity contribution >= 4 is 87.6 Å². The number of nitrogens with one attached hydrogen (secondary N) is 7. The van der Waals surface area contributed by atoms with Crippen molar-refractivity contribution in [3.63, 3.8) is 0 Å². The zero-order valence-corrected chi connectivity index (χ0v) is 68.3. The molecule has 2 aliphatic heterocycles. The molecule has 15 aromatic heterocycles. The molecule has 122 heavy (non-hydrogen) atoms. The Bertz CT molecular complexity index is 7070. The van der Waals surface area contributed by atoms with Crippen LogP contribution in [0.3, 0.4) is 0 Å². The van der Waals surface area contributed by atoms with Crippen molar-refractivity contribution in [1.82, 2.24) is 125 Å². The molecule has 0 aliphatic carbocycles. The Morgan fingerprint density at radius 3 is 1.09 bits per heavy atom. The van der Waals surface area contributed by atoms with E-state index < -0.39 is 15.8 Å². The van der Waals surface area contributed by atoms with Crippen LogP contribution in [0.2, 0.25) is 0 Å². The Hall–Kier alpha value is -14.0. The lowest BCUT2D eigenvalue weighted by molar-refractivity contribution is 0.122. The number of fused-ring (bicyclic) bond motifs is 6. The molecule has 2 saturated heterocycles. The van der Waals surface area contributed by atoms with Crippen LogP contribution in [0.5, 0.6) is 0 Å². The third-order valence-electron chi connectivity index (χ3n) is 21.0. The summed E-state index contributed by atoms with van der Waals surface area (Å²) >= 11 is 0. The second-order valence-corrected chi connectivity index (χ2v) is 33.0. The summed E-state index contributed by atoms with van der Waals surface area (Å²) in [6, 6.07) is 27.1. The predicted octanol–water partition coefficient (Wildman–Crippen LogP) is 14.0. The van der Waals surface area contributed by atoms with Crippen LogP contribution >= 0.6 is 0 Å². The first-order valence-electron chi connectivity index (χ1n) is 39.4. The fourth-order valence-electron chi connectivity index (χ4n) is 15.5. The van der Waals surface area contributed by atoms with Gasteiger partial charge < -0.3 is 44.2 Å². The Labute approximate surface area is 696 Å². The van der Waals surface area contributed by atoms with Gasteiger partial charge in [0.15, 0.2) is 34.4 Å². The van der Waals surface area contributed by atoms with E-state index in [1.807, 2.05) is 104 Å². The van der Waals surface area contributed by atoms with E-state index >= 15 is 0 Å². The first-order valence-corrected chi connectivity index (χ1v) is 41.3. The first kappa shape index (κ1) is 79.1. The molecule has 20 rings (SSSR count). The number of halogens is 3. The number of aromatic amines is 6. The molecule has 17 heterocycles. The standard InChI is InChI=1S/C30H28FN9O.C30H28FN9.C28H26FN9O2S/c1-39(2)17-18-7-20(13-32-12-18)21-10-24-28(37-38-29(24)34-14-21)30-35-26-16-33-15-25(27(26)36-30)19-8-22(31)11-23(9-19)40-3-5-41-6-4-40;1-39(2)17-18-7-20(13-32-12-18)21-10-24-28(37-38-29(24)34-14-21)30-35-26-16-33-15-25(27(26)36-30)19-8-22(31)11-23(9-19)40-5-3-4-6-40;1-38(2)15-17-5-19(11-30-9-17)20-8-22-26(36-37-27(22)32-12-20)28-34-24-14-31-13-23(25(24)35-28)18-4-16(6-21(29)7-18)10-33-41(3,39)40/h7-16H,3-6,17H2,1-2H3,(H,35,36)(H,34,37,38);7-16H,3-6,17H2,1-2H3,(H,35,36)(H,34,37,38);4-9,11-14,33H,10,15H2,1-3H3,(H,34,35)(H,32,36,37). The van der Waals surface area contributed by atoms with Gasteiger partial charge in [0.05, 0.1) is 87.3 Å². The van der Waals surface area contributed by atoms with Crippen LogP contribution in [-0.4, -0.2) is 216 Å². The molecule has 2 aliphatic rings. The molecule has 0 radical (unpaired) electrons. The number of morpholine rings is 1. The highest BCUT2D eigenvalue weighted by atomic mass is 32.2. The fourth-order valence-corrected chi connectivity index (χ4v) is 16.0. The summed E-state index contributed by atoms with van der Waals surface area (Å²) in [6.07, 6.45) is 30.0. The lowest BCUT2D eigenvalue weighted by Crippen LogP contribution is -2.36. The number of aromatic nitrogens is 21. The molecule has 614 valence electrons. The van der Waals surface area contributed by atoms with Gasteiger partial charge in [-0.2, -0.15) is 15.3 Å². The molecule has 0 saturated carbocycles. The maximum atomic E-state index is 14.8. The van der Waals surface area contributed by atoms with Crippen LogP contribution in [0.1, 0.15) is 35.1 Å². The fraction of sp³-hybridized carbons (Fsp3) is 0.216. The van der Waals surface area contributed by atoms with E-state index in [0.29, 0.717) is 97.8 Å². The maximum Gasteiger partial charge on any atom is 0.209 e. The summed E-state index contributed by atoms with van der Waals surface area (Å²) in [5.74, 6) is 0.656. The van der Waals surface area contributed by atoms with Crippen molar-refractivity contribution in [3.05, 3.63) is 224 Å². The quantitative estimate of drug-likeness (QED) is 0.0373. The van der Waals surface area contributed by atoms with Crippen LogP contribution in [0, 0.1) is 17.5 Å². The molecule has 30 nitrogen and oxygen atoms in total. The van der Waals surface area contributed by atoms with Gasteiger partial charge in [0.25, 0.3) is 0 Å². The van der Waals surface area contributed by atoms with E-state index in [4.69, 9.17) is 19.7 Å². The third kappa shape index (κ3) is 17.1. The number of pyridine rings is 9. The van der Waals surface area contributed by atoms with Crippen molar-refractivity contribution in [1.29, 1.82) is 0 Å². The van der Waals surface area contributed by atoms with Gasteiger partial charge in [0.1, 0.15) is 34.5 Å². The normalized spacial score (nSPS) is 13.3. The summed E-state index contributed by atoms with van der Waals surface area (Å²) in [5.41, 5.74) is 23.2. The number of hydrogen-bond acceptors (Lipinski definition) is 23. The van der Waals surface area contributed by atoms with E-state index in [1.165, 1.54) is 18.2 Å². The maximum absolute atomic E-state index is 14.8. The van der Waals surface area contributed by atoms with E-state index in [1.54, 1.807) is 80.0 Å². The second kappa shape index (κ2) is 33.6. The van der Waals surface area contributed by atoms with E-state index in [2.05, 4.69) is 144 Å². The summed E-state index contributed by atoms with van der Waals surface area (Å²) < 4.78 is 75.0. The van der Waals surface area contributed by atoms with Crippen LogP contribution in [0.15, 0.2) is 184 Å². The largest absolute Gasteiger partial charge is 0.378 e. The number of sulfonamides is 1. The highest BCUT2D eigenvalue weighted by Gasteiger charge is 2.25. The predicted molar refractivity (Wildman–Crippen MR) is 465 cm³/mol. The van der Waals surface area contributed by atoms with E-state index in [9.17, 15) is 21.6 Å². The molecule has 0 amide bonds. The molecule has 3 aromatic carbocycles. The van der Waals surface area contributed by atoms with Gasteiger partial charge in [0, 0.05) is 188 Å². The number of imidazole rings is 3. The van der Waals surface area contributed by atoms with Crippen molar-refractivity contribution in [2.75, 3.05) is 97.7 Å². The number of rotatable bonds is 20. The Morgan fingerprint density at radius 1 is 0.385 bits per heavy atom. The number of nitrogens with zero attached hydrogens (tertiary/aromatic N) is 20. The monoisotopic (exact) mass is 1650 g/mol. The van der Waals surface area contributed by atoms with Crippen LogP contribution in [-0.2, 0) is 40.9 Å². The van der Waals surface area contributed by atoms with E-state index in [0.717, 1.165) is 181 Å². The minimum atomic E-state index is -3.44. The summed E-state index contributed by atoms with van der Waals surface area (Å²) in [7, 11) is 8.71. The molecule has 0 atom stereocenters. The van der Waals surface area contributed by atoms with Crippen molar-refractivity contribution in [3.8, 4) is 101 Å². The summed E-state index contributed by atoms with van der Waals surface area (Å²) in [6.45, 7) is 6.89. The number of anilines is 2. The molecule has 0 bridgehead atoms. The molecule has 0 spiro atoms. The van der Waals surface area contributed by atoms with Gasteiger partial charge in [0.2, 0.25) is 10.0 Å². The van der Waals surface area contributed by atoms with Crippen LogP contribution in [0.25, 0.3) is 168 Å². The van der Waals surface area contributed by atoms with Gasteiger partial charge in [-0.05, 0) is 185 Å². The molecule has 2 fully saturated rings. The van der Waals surface area contributed by atoms with Crippen LogP contribution < -0.4 is 14.5 Å². The Balaban J connectivity index is 0.000000125. The Kier molecular flexibility index (Phi) is 21.8. The van der Waals surface area contributed by atoms with Gasteiger partial charge >= 0.3 is 0 Å². The van der Waals surface area contributed by atoms with Gasteiger partial charge in [-0.15, -0.1) is 0 Å². The summed E-state index contributed by atoms with van der Waals surface area (Å²) in [5, 5.41) is 24.9. The SMILES string of the molecule is CN(C)Cc1cncc(-c2cnc3n[nH]c(-c4nc5c(-c6cc(F)cc(CNS(C)(=O)=O)c6)cncc5[nH]4)c3c2)c1.CN(C)Cc1cncc(-c2cnc3n[nH]c(-c4nc5c(-c6cc(F)cc(N7CCCC7)c6)cncc5[nH]4)c3c2)c1.CN(C)Cc1cncc(-c2cnc3n[nH]c(-c4nc5c(-c6cc(F)cc(N7CCOCC7)c6)cncc5[nH]4)c3c2)c1. The smallest absolute Gasteiger partial charge is 0.209 e. The van der Waals surface area contributed by atoms with Gasteiger partial charge in [-0.25, -0.2) is 56.2 Å². The minimum absolute atomic E-state index is 0.0398. The zero-order chi connectivity index (χ0) is 83.9. The topological polar surface area (TPSA) is 360 Å².